The topological polar surface area (TPSA) is 38.7 Å². The van der Waals surface area contributed by atoms with Crippen LogP contribution in [-0.4, -0.2) is 15.0 Å². The second-order valence-corrected chi connectivity index (χ2v) is 5.06. The van der Waals surface area contributed by atoms with Gasteiger partial charge in [-0.25, -0.2) is 9.97 Å². The first-order valence-corrected chi connectivity index (χ1v) is 6.84. The lowest BCUT2D eigenvalue weighted by Crippen LogP contribution is -1.97. The molecule has 0 atom stereocenters. The maximum atomic E-state index is 4.64. The quantitative estimate of drug-likeness (QED) is 0.702. The maximum absolute atomic E-state index is 4.64. The lowest BCUT2D eigenvalue weighted by Gasteiger charge is -2.05. The Morgan fingerprint density at radius 1 is 1.11 bits per heavy atom. The van der Waals surface area contributed by atoms with E-state index in [0.717, 1.165) is 39.5 Å². The number of hydrogen-bond acceptors (Lipinski definition) is 4. The number of rotatable bonds is 2. The summed E-state index contributed by atoms with van der Waals surface area (Å²) in [6.45, 7) is 4.07. The minimum Gasteiger partial charge on any atom is -0.251 e. The summed E-state index contributed by atoms with van der Waals surface area (Å²) in [4.78, 5) is 13.7. The summed E-state index contributed by atoms with van der Waals surface area (Å²) in [6.07, 6.45) is 0.838. The molecule has 3 nitrogen and oxygen atoms in total. The number of thiophene rings is 1. The Morgan fingerprint density at radius 3 is 2.78 bits per heavy atom. The Hall–Kier alpha value is -1.81. The van der Waals surface area contributed by atoms with Crippen LogP contribution in [0.25, 0.3) is 21.6 Å². The van der Waals surface area contributed by atoms with E-state index in [1.165, 1.54) is 0 Å². The number of fused-ring (bicyclic) bond motifs is 1. The highest BCUT2D eigenvalue weighted by Crippen LogP contribution is 2.29. The van der Waals surface area contributed by atoms with Crippen LogP contribution >= 0.6 is 11.3 Å². The van der Waals surface area contributed by atoms with Gasteiger partial charge in [0, 0.05) is 12.1 Å². The monoisotopic (exact) mass is 255 g/mol. The van der Waals surface area contributed by atoms with Crippen molar-refractivity contribution in [3.63, 3.8) is 0 Å². The van der Waals surface area contributed by atoms with Crippen LogP contribution in [0.15, 0.2) is 29.6 Å². The molecule has 90 valence electrons. The fourth-order valence-electron chi connectivity index (χ4n) is 1.92. The summed E-state index contributed by atoms with van der Waals surface area (Å²) >= 11 is 1.67. The summed E-state index contributed by atoms with van der Waals surface area (Å²) in [5, 5.41) is 2.05. The molecule has 0 aliphatic heterocycles. The molecule has 3 aromatic heterocycles. The molecular formula is C14H13N3S. The largest absolute Gasteiger partial charge is 0.251 e. The van der Waals surface area contributed by atoms with E-state index >= 15 is 0 Å². The van der Waals surface area contributed by atoms with Crippen molar-refractivity contribution in [2.24, 2.45) is 0 Å². The average Bonchev–Trinajstić information content (AvgIpc) is 2.85. The fourth-order valence-corrected chi connectivity index (χ4v) is 2.75. The Balaban J connectivity index is 2.29. The summed E-state index contributed by atoms with van der Waals surface area (Å²) in [6, 6.07) is 8.07. The number of pyridine rings is 1. The zero-order valence-electron chi connectivity index (χ0n) is 10.3. The lowest BCUT2D eigenvalue weighted by molar-refractivity contribution is 0.962. The SMILES string of the molecule is CCc1nc(-c2cccc(C)n2)c2sccc2n1. The van der Waals surface area contributed by atoms with Crippen molar-refractivity contribution in [2.75, 3.05) is 0 Å². The number of hydrogen-bond donors (Lipinski definition) is 0. The highest BCUT2D eigenvalue weighted by molar-refractivity contribution is 7.17. The van der Waals surface area contributed by atoms with E-state index in [9.17, 15) is 0 Å². The van der Waals surface area contributed by atoms with E-state index in [0.29, 0.717) is 0 Å². The van der Waals surface area contributed by atoms with E-state index in [-0.39, 0.29) is 0 Å². The van der Waals surface area contributed by atoms with E-state index < -0.39 is 0 Å². The van der Waals surface area contributed by atoms with Gasteiger partial charge in [0.2, 0.25) is 0 Å². The summed E-state index contributed by atoms with van der Waals surface area (Å²) in [5.74, 6) is 0.874. The highest BCUT2D eigenvalue weighted by atomic mass is 32.1. The van der Waals surface area contributed by atoms with Gasteiger partial charge in [-0.05, 0) is 30.5 Å². The van der Waals surface area contributed by atoms with Gasteiger partial charge in [0.25, 0.3) is 0 Å². The molecule has 0 aliphatic carbocycles. The van der Waals surface area contributed by atoms with E-state index in [4.69, 9.17) is 0 Å². The standard InChI is InChI=1S/C14H13N3S/c1-3-12-16-11-7-8-18-14(11)13(17-12)10-6-4-5-9(2)15-10/h4-8H,3H2,1-2H3. The van der Waals surface area contributed by atoms with Crippen molar-refractivity contribution in [1.82, 2.24) is 15.0 Å². The van der Waals surface area contributed by atoms with Gasteiger partial charge in [0.15, 0.2) is 0 Å². The van der Waals surface area contributed by atoms with Gasteiger partial charge < -0.3 is 0 Å². The van der Waals surface area contributed by atoms with E-state index in [1.807, 2.05) is 31.2 Å². The Bertz CT molecular complexity index is 703. The first-order valence-electron chi connectivity index (χ1n) is 5.96. The minimum atomic E-state index is 0.838. The first kappa shape index (κ1) is 11.3. The predicted octanol–water partition coefficient (Wildman–Crippen LogP) is 3.62. The van der Waals surface area contributed by atoms with Crippen LogP contribution in [0.3, 0.4) is 0 Å². The van der Waals surface area contributed by atoms with Gasteiger partial charge in [0.1, 0.15) is 11.5 Å². The van der Waals surface area contributed by atoms with Crippen LogP contribution in [0.1, 0.15) is 18.4 Å². The summed E-state index contributed by atoms with van der Waals surface area (Å²) < 4.78 is 1.12. The molecule has 0 N–H and O–H groups in total. The molecule has 0 spiro atoms. The molecule has 0 amide bonds. The Labute approximate surface area is 110 Å². The summed E-state index contributed by atoms with van der Waals surface area (Å²) in [7, 11) is 0. The molecule has 0 aromatic carbocycles. The Kier molecular flexibility index (Phi) is 2.80. The van der Waals surface area contributed by atoms with Gasteiger partial charge in [-0.15, -0.1) is 11.3 Å². The second kappa shape index (κ2) is 4.46. The molecular weight excluding hydrogens is 242 g/mol. The molecule has 3 heterocycles. The normalized spacial score (nSPS) is 11.0. The molecule has 0 radical (unpaired) electrons. The van der Waals surface area contributed by atoms with Gasteiger partial charge >= 0.3 is 0 Å². The molecule has 0 aliphatic rings. The third-order valence-corrected chi connectivity index (χ3v) is 3.71. The molecule has 0 bridgehead atoms. The Morgan fingerprint density at radius 2 is 2.00 bits per heavy atom. The van der Waals surface area contributed by atoms with E-state index in [2.05, 4.69) is 27.3 Å². The van der Waals surface area contributed by atoms with Gasteiger partial charge in [-0.1, -0.05) is 13.0 Å². The van der Waals surface area contributed by atoms with Crippen molar-refractivity contribution in [2.45, 2.75) is 20.3 Å². The van der Waals surface area contributed by atoms with Crippen molar-refractivity contribution in [3.8, 4) is 11.4 Å². The van der Waals surface area contributed by atoms with Crippen LogP contribution in [-0.2, 0) is 6.42 Å². The van der Waals surface area contributed by atoms with Crippen molar-refractivity contribution in [3.05, 3.63) is 41.2 Å². The molecule has 0 saturated heterocycles. The third kappa shape index (κ3) is 1.88. The van der Waals surface area contributed by atoms with Gasteiger partial charge in [0.05, 0.1) is 15.9 Å². The molecule has 0 fully saturated rings. The van der Waals surface area contributed by atoms with Crippen LogP contribution in [0.5, 0.6) is 0 Å². The first-order chi connectivity index (χ1) is 8.78. The molecule has 0 saturated carbocycles. The van der Waals surface area contributed by atoms with Crippen LogP contribution in [0.2, 0.25) is 0 Å². The molecule has 4 heteroatoms. The van der Waals surface area contributed by atoms with Gasteiger partial charge in [-0.2, -0.15) is 0 Å². The van der Waals surface area contributed by atoms with Crippen LogP contribution in [0.4, 0.5) is 0 Å². The smallest absolute Gasteiger partial charge is 0.129 e. The molecule has 3 rings (SSSR count). The number of nitrogens with zero attached hydrogens (tertiary/aromatic N) is 3. The minimum absolute atomic E-state index is 0.838. The maximum Gasteiger partial charge on any atom is 0.129 e. The average molecular weight is 255 g/mol. The molecule has 18 heavy (non-hydrogen) atoms. The molecule has 3 aromatic rings. The highest BCUT2D eigenvalue weighted by Gasteiger charge is 2.11. The third-order valence-electron chi connectivity index (χ3n) is 2.80. The second-order valence-electron chi connectivity index (χ2n) is 4.14. The number of aromatic nitrogens is 3. The zero-order valence-corrected chi connectivity index (χ0v) is 11.2. The summed E-state index contributed by atoms with van der Waals surface area (Å²) in [5.41, 5.74) is 3.91. The lowest BCUT2D eigenvalue weighted by atomic mass is 10.2. The van der Waals surface area contributed by atoms with Crippen molar-refractivity contribution >= 4 is 21.6 Å². The van der Waals surface area contributed by atoms with Crippen molar-refractivity contribution in [1.29, 1.82) is 0 Å². The van der Waals surface area contributed by atoms with Crippen LogP contribution < -0.4 is 0 Å². The van der Waals surface area contributed by atoms with E-state index in [1.54, 1.807) is 11.3 Å². The van der Waals surface area contributed by atoms with Gasteiger partial charge in [-0.3, -0.25) is 4.98 Å². The van der Waals surface area contributed by atoms with Crippen molar-refractivity contribution < 1.29 is 0 Å². The predicted molar refractivity (Wildman–Crippen MR) is 74.8 cm³/mol. The fraction of sp³-hybridized carbons (Fsp3) is 0.214. The molecule has 0 unspecified atom stereocenters. The number of aryl methyl sites for hydroxylation is 2. The zero-order chi connectivity index (χ0) is 12.5. The van der Waals surface area contributed by atoms with Crippen LogP contribution in [0, 0.1) is 6.92 Å².